The van der Waals surface area contributed by atoms with Gasteiger partial charge in [0, 0.05) is 6.20 Å². The van der Waals surface area contributed by atoms with Crippen LogP contribution in [0.5, 0.6) is 0 Å². The fourth-order valence-corrected chi connectivity index (χ4v) is 1.78. The molecule has 76 valence electrons. The summed E-state index contributed by atoms with van der Waals surface area (Å²) in [6, 6.07) is 1.92. The number of hydrogen-bond donors (Lipinski definition) is 1. The summed E-state index contributed by atoms with van der Waals surface area (Å²) in [5.74, 6) is 2.64. The van der Waals surface area contributed by atoms with Crippen LogP contribution in [0, 0.1) is 26.2 Å². The summed E-state index contributed by atoms with van der Waals surface area (Å²) in [6.07, 6.45) is 7.92. The third-order valence-electron chi connectivity index (χ3n) is 2.45. The summed E-state index contributed by atoms with van der Waals surface area (Å²) in [6.45, 7) is 3.96. The molecule has 3 heteroatoms. The molecule has 2 N–H and O–H groups in total. The van der Waals surface area contributed by atoms with Crippen LogP contribution in [0.2, 0.25) is 0 Å². The van der Waals surface area contributed by atoms with Gasteiger partial charge in [-0.15, -0.1) is 12.3 Å². The molecular weight excluding hydrogens is 186 g/mol. The Morgan fingerprint density at radius 3 is 2.93 bits per heavy atom. The summed E-state index contributed by atoms with van der Waals surface area (Å²) in [5, 5.41) is 0. The lowest BCUT2D eigenvalue weighted by Gasteiger charge is -2.02. The van der Waals surface area contributed by atoms with E-state index >= 15 is 0 Å². The molecule has 0 saturated carbocycles. The Balaban J connectivity index is 2.81. The van der Waals surface area contributed by atoms with E-state index in [1.54, 1.807) is 0 Å². The molecule has 2 aromatic heterocycles. The van der Waals surface area contributed by atoms with Crippen molar-refractivity contribution in [3.63, 3.8) is 0 Å². The molecule has 0 bridgehead atoms. The van der Waals surface area contributed by atoms with E-state index in [1.807, 2.05) is 30.5 Å². The average molecular weight is 199 g/mol. The maximum absolute atomic E-state index is 5.90. The molecule has 2 rings (SSSR count). The molecule has 0 aliphatic heterocycles. The minimum atomic E-state index is 0.579. The molecule has 0 aliphatic rings. The summed E-state index contributed by atoms with van der Waals surface area (Å²) < 4.78 is 1.99. The number of rotatable bonds is 1. The summed E-state index contributed by atoms with van der Waals surface area (Å²) in [5.41, 5.74) is 10.5. The van der Waals surface area contributed by atoms with Crippen molar-refractivity contribution in [2.45, 2.75) is 20.3 Å². The van der Waals surface area contributed by atoms with E-state index < -0.39 is 0 Å². The van der Waals surface area contributed by atoms with Crippen LogP contribution in [0.3, 0.4) is 0 Å². The number of imidazole rings is 1. The summed E-state index contributed by atoms with van der Waals surface area (Å²) in [4.78, 5) is 4.41. The molecule has 0 atom stereocenters. The maximum atomic E-state index is 5.90. The smallest absolute Gasteiger partial charge is 0.160 e. The zero-order chi connectivity index (χ0) is 11.0. The van der Waals surface area contributed by atoms with Gasteiger partial charge in [0.15, 0.2) is 5.65 Å². The molecule has 2 aromatic rings. The monoisotopic (exact) mass is 199 g/mol. The molecule has 2 heterocycles. The normalized spacial score (nSPS) is 10.5. The number of pyridine rings is 1. The first-order valence-corrected chi connectivity index (χ1v) is 4.80. The van der Waals surface area contributed by atoms with Gasteiger partial charge in [0.25, 0.3) is 0 Å². The Morgan fingerprint density at radius 1 is 1.53 bits per heavy atom. The quantitative estimate of drug-likeness (QED) is 0.710. The van der Waals surface area contributed by atoms with Crippen molar-refractivity contribution >= 4 is 11.3 Å². The molecule has 0 spiro atoms. The Hall–Kier alpha value is -1.95. The molecule has 0 saturated heterocycles. The van der Waals surface area contributed by atoms with Crippen LogP contribution in [0.25, 0.3) is 5.65 Å². The Labute approximate surface area is 88.9 Å². The van der Waals surface area contributed by atoms with Gasteiger partial charge < -0.3 is 10.1 Å². The highest BCUT2D eigenvalue weighted by molar-refractivity contribution is 5.66. The van der Waals surface area contributed by atoms with Gasteiger partial charge in [-0.2, -0.15) is 0 Å². The van der Waals surface area contributed by atoms with Gasteiger partial charge in [-0.25, -0.2) is 4.98 Å². The highest BCUT2D eigenvalue weighted by Gasteiger charge is 2.09. The van der Waals surface area contributed by atoms with E-state index in [-0.39, 0.29) is 0 Å². The van der Waals surface area contributed by atoms with Crippen molar-refractivity contribution in [2.24, 2.45) is 0 Å². The Kier molecular flexibility index (Phi) is 2.12. The predicted octanol–water partition coefficient (Wildman–Crippen LogP) is 1.71. The second-order valence-corrected chi connectivity index (χ2v) is 3.69. The molecule has 3 nitrogen and oxygen atoms in total. The van der Waals surface area contributed by atoms with E-state index in [4.69, 9.17) is 12.2 Å². The molecule has 0 radical (unpaired) electrons. The van der Waals surface area contributed by atoms with Gasteiger partial charge in [0.2, 0.25) is 0 Å². The first kappa shape index (κ1) is 9.60. The van der Waals surface area contributed by atoms with Gasteiger partial charge in [-0.05, 0) is 25.5 Å². The van der Waals surface area contributed by atoms with Crippen molar-refractivity contribution in [3.05, 3.63) is 29.2 Å². The highest BCUT2D eigenvalue weighted by atomic mass is 15.0. The van der Waals surface area contributed by atoms with Crippen LogP contribution < -0.4 is 5.73 Å². The number of nitrogens with two attached hydrogens (primary N) is 1. The van der Waals surface area contributed by atoms with Gasteiger partial charge in [-0.3, -0.25) is 0 Å². The third-order valence-corrected chi connectivity index (χ3v) is 2.45. The van der Waals surface area contributed by atoms with Crippen LogP contribution in [0.1, 0.15) is 17.0 Å². The Bertz CT molecular complexity index is 558. The molecular formula is C12H13N3. The largest absolute Gasteiger partial charge is 0.396 e. The highest BCUT2D eigenvalue weighted by Crippen LogP contribution is 2.19. The number of hydrogen-bond acceptors (Lipinski definition) is 2. The van der Waals surface area contributed by atoms with Crippen LogP contribution in [0.4, 0.5) is 5.69 Å². The number of terminal acetylenes is 1. The molecule has 0 aromatic carbocycles. The number of nitrogen functional groups attached to an aromatic ring is 1. The number of nitrogens with zero attached hydrogens (tertiary/aromatic N) is 2. The van der Waals surface area contributed by atoms with Gasteiger partial charge >= 0.3 is 0 Å². The van der Waals surface area contributed by atoms with E-state index in [1.165, 1.54) is 0 Å². The zero-order valence-corrected chi connectivity index (χ0v) is 8.91. The van der Waals surface area contributed by atoms with Crippen molar-refractivity contribution in [2.75, 3.05) is 5.73 Å². The van der Waals surface area contributed by atoms with Crippen molar-refractivity contribution < 1.29 is 0 Å². The third kappa shape index (κ3) is 1.44. The van der Waals surface area contributed by atoms with Crippen LogP contribution in [-0.2, 0) is 6.42 Å². The van der Waals surface area contributed by atoms with E-state index in [9.17, 15) is 0 Å². The SMILES string of the molecule is C#CCc1c(C)nc2c(N)cc(C)cn12. The summed E-state index contributed by atoms with van der Waals surface area (Å²) >= 11 is 0. The zero-order valence-electron chi connectivity index (χ0n) is 8.91. The number of aryl methyl sites for hydroxylation is 2. The van der Waals surface area contributed by atoms with Crippen LogP contribution in [0.15, 0.2) is 12.3 Å². The fraction of sp³-hybridized carbons (Fsp3) is 0.250. The van der Waals surface area contributed by atoms with E-state index in [0.29, 0.717) is 12.1 Å². The summed E-state index contributed by atoms with van der Waals surface area (Å²) in [7, 11) is 0. The topological polar surface area (TPSA) is 43.3 Å². The molecule has 15 heavy (non-hydrogen) atoms. The van der Waals surface area contributed by atoms with E-state index in [2.05, 4.69) is 10.9 Å². The van der Waals surface area contributed by atoms with Gasteiger partial charge in [0.1, 0.15) is 0 Å². The van der Waals surface area contributed by atoms with E-state index in [0.717, 1.165) is 22.6 Å². The molecule has 0 aliphatic carbocycles. The first-order chi connectivity index (χ1) is 7.13. The lowest BCUT2D eigenvalue weighted by molar-refractivity contribution is 1.04. The minimum absolute atomic E-state index is 0.579. The second kappa shape index (κ2) is 3.32. The number of aromatic nitrogens is 2. The standard InChI is InChI=1S/C12H13N3/c1-4-5-11-9(3)14-12-10(13)6-8(2)7-15(11)12/h1,6-7H,5,13H2,2-3H3. The van der Waals surface area contributed by atoms with Gasteiger partial charge in [-0.1, -0.05) is 0 Å². The van der Waals surface area contributed by atoms with Crippen LogP contribution >= 0.6 is 0 Å². The first-order valence-electron chi connectivity index (χ1n) is 4.80. The van der Waals surface area contributed by atoms with Crippen molar-refractivity contribution in [1.29, 1.82) is 0 Å². The second-order valence-electron chi connectivity index (χ2n) is 3.69. The predicted molar refractivity (Wildman–Crippen MR) is 61.6 cm³/mol. The minimum Gasteiger partial charge on any atom is -0.396 e. The fourth-order valence-electron chi connectivity index (χ4n) is 1.78. The van der Waals surface area contributed by atoms with Crippen molar-refractivity contribution in [1.82, 2.24) is 9.38 Å². The number of fused-ring (bicyclic) bond motifs is 1. The lowest BCUT2D eigenvalue weighted by Crippen LogP contribution is -1.97. The molecule has 0 unspecified atom stereocenters. The average Bonchev–Trinajstić information content (AvgIpc) is 2.46. The van der Waals surface area contributed by atoms with Crippen molar-refractivity contribution in [3.8, 4) is 12.3 Å². The Morgan fingerprint density at radius 2 is 2.27 bits per heavy atom. The maximum Gasteiger partial charge on any atom is 0.160 e. The number of anilines is 1. The van der Waals surface area contributed by atoms with Crippen LogP contribution in [-0.4, -0.2) is 9.38 Å². The molecule has 0 amide bonds. The lowest BCUT2D eigenvalue weighted by atomic mass is 10.2. The van der Waals surface area contributed by atoms with Gasteiger partial charge in [0.05, 0.1) is 23.5 Å². The molecule has 0 fully saturated rings.